The maximum absolute atomic E-state index is 12.7. The topological polar surface area (TPSA) is 54.3 Å². The molecule has 7 heteroatoms. The first-order chi connectivity index (χ1) is 13.1. The number of halogens is 1. The summed E-state index contributed by atoms with van der Waals surface area (Å²) in [4.78, 5) is 14.4. The van der Waals surface area contributed by atoms with Crippen molar-refractivity contribution in [2.45, 2.75) is 25.1 Å². The lowest BCUT2D eigenvalue weighted by Crippen LogP contribution is -2.31. The van der Waals surface area contributed by atoms with Gasteiger partial charge in [0, 0.05) is 5.02 Å². The molecular weight excluding hydrogens is 382 g/mol. The fourth-order valence-corrected chi connectivity index (χ4v) is 3.75. The molecule has 0 N–H and O–H groups in total. The zero-order valence-corrected chi connectivity index (χ0v) is 16.7. The highest BCUT2D eigenvalue weighted by atomic mass is 35.5. The fraction of sp³-hybridized carbons (Fsp3) is 0.250. The first-order valence-corrected chi connectivity index (χ1v) is 9.84. The Morgan fingerprint density at radius 2 is 1.89 bits per heavy atom. The Balaban J connectivity index is 1.77. The SMILES string of the molecule is CCC1SC(=NN=Cc2ccc(Cl)cc2)N(Cc2ccc(OC)cc2)C1=O. The van der Waals surface area contributed by atoms with Crippen molar-refractivity contribution in [1.82, 2.24) is 4.90 Å². The summed E-state index contributed by atoms with van der Waals surface area (Å²) in [6.45, 7) is 2.46. The van der Waals surface area contributed by atoms with Crippen molar-refractivity contribution in [3.8, 4) is 5.75 Å². The summed E-state index contributed by atoms with van der Waals surface area (Å²) in [5, 5.41) is 9.63. The smallest absolute Gasteiger partial charge is 0.242 e. The molecular formula is C20H20ClN3O2S. The van der Waals surface area contributed by atoms with Crippen LogP contribution in [0.3, 0.4) is 0 Å². The molecule has 1 unspecified atom stereocenters. The van der Waals surface area contributed by atoms with Crippen molar-refractivity contribution in [2.75, 3.05) is 7.11 Å². The lowest BCUT2D eigenvalue weighted by Gasteiger charge is -2.16. The van der Waals surface area contributed by atoms with Crippen LogP contribution in [-0.4, -0.2) is 34.5 Å². The lowest BCUT2D eigenvalue weighted by atomic mass is 10.2. The zero-order chi connectivity index (χ0) is 19.2. The van der Waals surface area contributed by atoms with Crippen LogP contribution in [0, 0.1) is 0 Å². The summed E-state index contributed by atoms with van der Waals surface area (Å²) < 4.78 is 5.18. The van der Waals surface area contributed by atoms with Crippen molar-refractivity contribution in [2.24, 2.45) is 10.2 Å². The van der Waals surface area contributed by atoms with Crippen LogP contribution in [0.25, 0.3) is 0 Å². The molecule has 0 radical (unpaired) electrons. The molecule has 1 aliphatic heterocycles. The van der Waals surface area contributed by atoms with Gasteiger partial charge in [0.25, 0.3) is 0 Å². The van der Waals surface area contributed by atoms with E-state index in [-0.39, 0.29) is 11.2 Å². The summed E-state index contributed by atoms with van der Waals surface area (Å²) >= 11 is 7.34. The van der Waals surface area contributed by atoms with E-state index in [1.165, 1.54) is 11.8 Å². The second kappa shape index (κ2) is 9.06. The lowest BCUT2D eigenvalue weighted by molar-refractivity contribution is -0.126. The largest absolute Gasteiger partial charge is 0.497 e. The van der Waals surface area contributed by atoms with Crippen molar-refractivity contribution < 1.29 is 9.53 Å². The van der Waals surface area contributed by atoms with Crippen LogP contribution in [0.15, 0.2) is 58.7 Å². The molecule has 1 aliphatic rings. The minimum absolute atomic E-state index is 0.0683. The number of hydrogen-bond donors (Lipinski definition) is 0. The van der Waals surface area contributed by atoms with Gasteiger partial charge in [-0.05, 0) is 41.8 Å². The number of hydrogen-bond acceptors (Lipinski definition) is 5. The molecule has 0 saturated carbocycles. The van der Waals surface area contributed by atoms with Gasteiger partial charge in [-0.1, -0.05) is 54.6 Å². The predicted molar refractivity (Wildman–Crippen MR) is 112 cm³/mol. The number of methoxy groups -OCH3 is 1. The highest BCUT2D eigenvalue weighted by molar-refractivity contribution is 8.15. The van der Waals surface area contributed by atoms with Crippen LogP contribution < -0.4 is 4.74 Å². The van der Waals surface area contributed by atoms with Gasteiger partial charge in [-0.15, -0.1) is 5.10 Å². The van der Waals surface area contributed by atoms with Crippen LogP contribution in [0.2, 0.25) is 5.02 Å². The quantitative estimate of drug-likeness (QED) is 0.525. The molecule has 0 bridgehead atoms. The van der Waals surface area contributed by atoms with E-state index in [2.05, 4.69) is 10.2 Å². The van der Waals surface area contributed by atoms with Gasteiger partial charge < -0.3 is 4.74 Å². The van der Waals surface area contributed by atoms with Crippen LogP contribution in [-0.2, 0) is 11.3 Å². The average molecular weight is 402 g/mol. The molecule has 0 aliphatic carbocycles. The summed E-state index contributed by atoms with van der Waals surface area (Å²) in [6, 6.07) is 15.0. The minimum atomic E-state index is -0.118. The average Bonchev–Trinajstić information content (AvgIpc) is 2.99. The third-order valence-electron chi connectivity index (χ3n) is 4.11. The zero-order valence-electron chi connectivity index (χ0n) is 15.1. The van der Waals surface area contributed by atoms with E-state index in [0.717, 1.165) is 23.3 Å². The van der Waals surface area contributed by atoms with Gasteiger partial charge in [0.05, 0.1) is 25.1 Å². The summed E-state index contributed by atoms with van der Waals surface area (Å²) in [5.41, 5.74) is 1.91. The molecule has 2 aromatic carbocycles. The van der Waals surface area contributed by atoms with E-state index in [4.69, 9.17) is 16.3 Å². The summed E-state index contributed by atoms with van der Waals surface area (Å²) in [6.07, 6.45) is 2.40. The minimum Gasteiger partial charge on any atom is -0.497 e. The Hall–Kier alpha value is -2.31. The number of thioether (sulfide) groups is 1. The van der Waals surface area contributed by atoms with E-state index in [1.54, 1.807) is 30.4 Å². The van der Waals surface area contributed by atoms with Gasteiger partial charge in [-0.2, -0.15) is 5.10 Å². The van der Waals surface area contributed by atoms with Crippen LogP contribution >= 0.6 is 23.4 Å². The Labute approximate surface area is 168 Å². The normalized spacial score (nSPS) is 18.6. The predicted octanol–water partition coefficient (Wildman–Crippen LogP) is 4.59. The number of amides is 1. The van der Waals surface area contributed by atoms with Crippen LogP contribution in [0.5, 0.6) is 5.75 Å². The van der Waals surface area contributed by atoms with E-state index in [1.807, 2.05) is 43.3 Å². The first kappa shape index (κ1) is 19.5. The van der Waals surface area contributed by atoms with Crippen molar-refractivity contribution in [1.29, 1.82) is 0 Å². The molecule has 0 spiro atoms. The Morgan fingerprint density at radius 1 is 1.19 bits per heavy atom. The molecule has 2 aromatic rings. The number of carbonyl (C=O) groups is 1. The molecule has 3 rings (SSSR count). The summed E-state index contributed by atoms with van der Waals surface area (Å²) in [7, 11) is 1.63. The molecule has 1 saturated heterocycles. The van der Waals surface area contributed by atoms with Gasteiger partial charge in [-0.25, -0.2) is 0 Å². The molecule has 140 valence electrons. The molecule has 1 heterocycles. The molecule has 1 atom stereocenters. The molecule has 5 nitrogen and oxygen atoms in total. The van der Waals surface area contributed by atoms with E-state index < -0.39 is 0 Å². The fourth-order valence-electron chi connectivity index (χ4n) is 2.60. The maximum Gasteiger partial charge on any atom is 0.242 e. The highest BCUT2D eigenvalue weighted by Gasteiger charge is 2.36. The number of nitrogens with zero attached hydrogens (tertiary/aromatic N) is 3. The monoisotopic (exact) mass is 401 g/mol. The third-order valence-corrected chi connectivity index (χ3v) is 5.69. The highest BCUT2D eigenvalue weighted by Crippen LogP contribution is 2.31. The van der Waals surface area contributed by atoms with Gasteiger partial charge in [0.2, 0.25) is 5.91 Å². The molecule has 0 aromatic heterocycles. The maximum atomic E-state index is 12.7. The van der Waals surface area contributed by atoms with Gasteiger partial charge in [-0.3, -0.25) is 9.69 Å². The van der Waals surface area contributed by atoms with Crippen LogP contribution in [0.1, 0.15) is 24.5 Å². The Morgan fingerprint density at radius 3 is 2.52 bits per heavy atom. The standard InChI is InChI=1S/C20H20ClN3O2S/c1-3-18-19(25)24(13-15-6-10-17(26-2)11-7-15)20(27-18)23-22-12-14-4-8-16(21)9-5-14/h4-12,18H,3,13H2,1-2H3. The molecule has 1 amide bonds. The second-order valence-electron chi connectivity index (χ2n) is 5.97. The number of rotatable bonds is 6. The van der Waals surface area contributed by atoms with Gasteiger partial charge in [0.15, 0.2) is 5.17 Å². The first-order valence-electron chi connectivity index (χ1n) is 8.58. The molecule has 1 fully saturated rings. The van der Waals surface area contributed by atoms with Crippen molar-refractivity contribution >= 4 is 40.7 Å². The van der Waals surface area contributed by atoms with Crippen molar-refractivity contribution in [3.63, 3.8) is 0 Å². The van der Waals surface area contributed by atoms with E-state index in [0.29, 0.717) is 16.7 Å². The van der Waals surface area contributed by atoms with Crippen LogP contribution in [0.4, 0.5) is 0 Å². The number of carbonyl (C=O) groups excluding carboxylic acids is 1. The number of ether oxygens (including phenoxy) is 1. The van der Waals surface area contributed by atoms with Gasteiger partial charge >= 0.3 is 0 Å². The van der Waals surface area contributed by atoms with Gasteiger partial charge in [0.1, 0.15) is 5.75 Å². The van der Waals surface area contributed by atoms with Crippen molar-refractivity contribution in [3.05, 3.63) is 64.7 Å². The Kier molecular flexibility index (Phi) is 6.53. The number of amidine groups is 1. The van der Waals surface area contributed by atoms with E-state index in [9.17, 15) is 4.79 Å². The summed E-state index contributed by atoms with van der Waals surface area (Å²) in [5.74, 6) is 0.854. The molecule has 27 heavy (non-hydrogen) atoms. The number of benzene rings is 2. The second-order valence-corrected chi connectivity index (χ2v) is 7.57. The third kappa shape index (κ3) is 4.90. The Bertz CT molecular complexity index is 851. The van der Waals surface area contributed by atoms with E-state index >= 15 is 0 Å².